The molecule has 0 heterocycles. The molecule has 0 atom stereocenters. The van der Waals surface area contributed by atoms with Gasteiger partial charge in [0.25, 0.3) is 0 Å². The molecule has 0 spiro atoms. The van der Waals surface area contributed by atoms with Gasteiger partial charge in [-0.15, -0.1) is 0 Å². The predicted octanol–water partition coefficient (Wildman–Crippen LogP) is 1.62. The maximum atomic E-state index is 12.6. The molecule has 0 aromatic heterocycles. The molecule has 0 aliphatic rings. The summed E-state index contributed by atoms with van der Waals surface area (Å²) in [6.45, 7) is 0. The maximum Gasteiger partial charge on any atom is 0.409 e. The smallest absolute Gasteiger partial charge is 0.409 e. The highest BCUT2D eigenvalue weighted by Crippen LogP contribution is 2.09. The van der Waals surface area contributed by atoms with Crippen LogP contribution in [-0.2, 0) is 9.53 Å². The summed E-state index contributed by atoms with van der Waals surface area (Å²) in [7, 11) is 1.05. The lowest BCUT2D eigenvalue weighted by Crippen LogP contribution is -2.12. The standard InChI is InChI=1S/C10H8FNO4/c1-16-10(13)9(12(14)15)6-7-2-4-8(11)5-3-7/h2-6H,1H3/b9-6-. The van der Waals surface area contributed by atoms with E-state index in [1.54, 1.807) is 0 Å². The third-order valence-electron chi connectivity index (χ3n) is 1.76. The van der Waals surface area contributed by atoms with Crippen LogP contribution in [0.4, 0.5) is 4.39 Å². The minimum absolute atomic E-state index is 0.346. The van der Waals surface area contributed by atoms with Gasteiger partial charge in [0.15, 0.2) is 0 Å². The Balaban J connectivity index is 3.07. The number of nitro groups is 1. The van der Waals surface area contributed by atoms with Crippen LogP contribution in [-0.4, -0.2) is 18.0 Å². The van der Waals surface area contributed by atoms with Gasteiger partial charge in [-0.3, -0.25) is 10.1 Å². The summed E-state index contributed by atoms with van der Waals surface area (Å²) >= 11 is 0. The number of halogens is 1. The highest BCUT2D eigenvalue weighted by molar-refractivity contribution is 5.90. The van der Waals surface area contributed by atoms with Crippen LogP contribution >= 0.6 is 0 Å². The second-order valence-electron chi connectivity index (χ2n) is 2.83. The molecule has 1 rings (SSSR count). The molecule has 5 nitrogen and oxygen atoms in total. The van der Waals surface area contributed by atoms with Crippen molar-refractivity contribution in [3.05, 3.63) is 51.5 Å². The molecule has 0 bridgehead atoms. The van der Waals surface area contributed by atoms with Gasteiger partial charge >= 0.3 is 11.7 Å². The van der Waals surface area contributed by atoms with Crippen molar-refractivity contribution in [3.8, 4) is 0 Å². The highest BCUT2D eigenvalue weighted by Gasteiger charge is 2.22. The molecular formula is C10H8FNO4. The molecule has 0 aliphatic carbocycles. The molecule has 0 N–H and O–H groups in total. The van der Waals surface area contributed by atoms with Gasteiger partial charge in [-0.25, -0.2) is 9.18 Å². The quantitative estimate of drug-likeness (QED) is 0.339. The lowest BCUT2D eigenvalue weighted by molar-refractivity contribution is -0.419. The molecule has 16 heavy (non-hydrogen) atoms. The molecule has 0 saturated carbocycles. The summed E-state index contributed by atoms with van der Waals surface area (Å²) in [6, 6.07) is 4.92. The first-order valence-corrected chi connectivity index (χ1v) is 4.24. The Kier molecular flexibility index (Phi) is 3.71. The summed E-state index contributed by atoms with van der Waals surface area (Å²) in [5.74, 6) is -1.51. The van der Waals surface area contributed by atoms with Crippen LogP contribution in [0, 0.1) is 15.9 Å². The largest absolute Gasteiger partial charge is 0.461 e. The average molecular weight is 225 g/mol. The van der Waals surface area contributed by atoms with E-state index in [0.717, 1.165) is 25.3 Å². The first kappa shape index (κ1) is 11.8. The summed E-state index contributed by atoms with van der Waals surface area (Å²) in [6.07, 6.45) is 1.02. The van der Waals surface area contributed by atoms with Crippen molar-refractivity contribution in [2.24, 2.45) is 0 Å². The molecule has 1 aromatic carbocycles. The van der Waals surface area contributed by atoms with Crippen LogP contribution in [0.2, 0.25) is 0 Å². The number of esters is 1. The number of nitrogens with zero attached hydrogens (tertiary/aromatic N) is 1. The summed E-state index contributed by atoms with van der Waals surface area (Å²) in [5.41, 5.74) is -0.354. The van der Waals surface area contributed by atoms with E-state index in [-0.39, 0.29) is 0 Å². The lowest BCUT2D eigenvalue weighted by atomic mass is 10.2. The van der Waals surface area contributed by atoms with E-state index in [1.807, 2.05) is 0 Å². The number of carbonyl (C=O) groups is 1. The third-order valence-corrected chi connectivity index (χ3v) is 1.76. The zero-order valence-electron chi connectivity index (χ0n) is 8.34. The van der Waals surface area contributed by atoms with Crippen molar-refractivity contribution in [1.29, 1.82) is 0 Å². The molecule has 0 radical (unpaired) electrons. The molecule has 0 amide bonds. The number of carbonyl (C=O) groups excluding carboxylic acids is 1. The Morgan fingerprint density at radius 1 is 1.44 bits per heavy atom. The van der Waals surface area contributed by atoms with E-state index >= 15 is 0 Å². The second-order valence-corrected chi connectivity index (χ2v) is 2.83. The average Bonchev–Trinajstić information content (AvgIpc) is 2.27. The minimum Gasteiger partial charge on any atom is -0.461 e. The van der Waals surface area contributed by atoms with Gasteiger partial charge in [-0.1, -0.05) is 12.1 Å². The fourth-order valence-electron chi connectivity index (χ4n) is 1.01. The van der Waals surface area contributed by atoms with E-state index in [2.05, 4.69) is 4.74 Å². The second kappa shape index (κ2) is 5.01. The minimum atomic E-state index is -1.05. The van der Waals surface area contributed by atoms with Crippen molar-refractivity contribution in [3.63, 3.8) is 0 Å². The van der Waals surface area contributed by atoms with Crippen LogP contribution in [0.15, 0.2) is 30.0 Å². The lowest BCUT2D eigenvalue weighted by Gasteiger charge is -1.97. The van der Waals surface area contributed by atoms with E-state index in [9.17, 15) is 19.3 Å². The van der Waals surface area contributed by atoms with Gasteiger partial charge in [0.2, 0.25) is 0 Å². The molecular weight excluding hydrogens is 217 g/mol. The Bertz CT molecular complexity index is 439. The number of rotatable bonds is 3. The van der Waals surface area contributed by atoms with Gasteiger partial charge in [-0.05, 0) is 17.7 Å². The summed E-state index contributed by atoms with van der Waals surface area (Å²) < 4.78 is 16.8. The highest BCUT2D eigenvalue weighted by atomic mass is 19.1. The zero-order chi connectivity index (χ0) is 12.1. The van der Waals surface area contributed by atoms with Crippen LogP contribution in [0.3, 0.4) is 0 Å². The van der Waals surface area contributed by atoms with Gasteiger partial charge in [0.1, 0.15) is 5.82 Å². The van der Waals surface area contributed by atoms with Gasteiger partial charge < -0.3 is 4.74 Å². The topological polar surface area (TPSA) is 69.4 Å². The number of methoxy groups -OCH3 is 1. The number of hydrogen-bond donors (Lipinski definition) is 0. The Hall–Kier alpha value is -2.24. The molecule has 0 aliphatic heterocycles. The molecule has 0 unspecified atom stereocenters. The Labute approximate surface area is 90.3 Å². The molecule has 0 fully saturated rings. The van der Waals surface area contributed by atoms with E-state index in [4.69, 9.17) is 0 Å². The van der Waals surface area contributed by atoms with Crippen molar-refractivity contribution in [2.75, 3.05) is 7.11 Å². The normalized spacial score (nSPS) is 11.0. The van der Waals surface area contributed by atoms with Crippen LogP contribution in [0.25, 0.3) is 6.08 Å². The first-order chi connectivity index (χ1) is 7.54. The van der Waals surface area contributed by atoms with Gasteiger partial charge in [-0.2, -0.15) is 0 Å². The summed E-state index contributed by atoms with van der Waals surface area (Å²) in [5, 5.41) is 10.5. The van der Waals surface area contributed by atoms with Gasteiger partial charge in [0, 0.05) is 6.08 Å². The predicted molar refractivity (Wildman–Crippen MR) is 53.4 cm³/mol. The van der Waals surface area contributed by atoms with Crippen LogP contribution in [0.1, 0.15) is 5.56 Å². The van der Waals surface area contributed by atoms with Crippen molar-refractivity contribution in [2.45, 2.75) is 0 Å². The van der Waals surface area contributed by atoms with E-state index in [1.165, 1.54) is 12.1 Å². The number of ether oxygens (including phenoxy) is 1. The molecule has 6 heteroatoms. The SMILES string of the molecule is COC(=O)/C(=C/c1ccc(F)cc1)[N+](=O)[O-]. The number of benzene rings is 1. The summed E-state index contributed by atoms with van der Waals surface area (Å²) in [4.78, 5) is 20.7. The van der Waals surface area contributed by atoms with Gasteiger partial charge in [0.05, 0.1) is 12.0 Å². The fourth-order valence-corrected chi connectivity index (χ4v) is 1.01. The van der Waals surface area contributed by atoms with Crippen LogP contribution < -0.4 is 0 Å². The van der Waals surface area contributed by atoms with Crippen molar-refractivity contribution >= 4 is 12.0 Å². The first-order valence-electron chi connectivity index (χ1n) is 4.24. The van der Waals surface area contributed by atoms with Crippen molar-refractivity contribution in [1.82, 2.24) is 0 Å². The fraction of sp³-hybridized carbons (Fsp3) is 0.100. The molecule has 84 valence electrons. The third kappa shape index (κ3) is 2.88. The zero-order valence-corrected chi connectivity index (χ0v) is 8.34. The molecule has 0 saturated heterocycles. The maximum absolute atomic E-state index is 12.6. The number of hydrogen-bond acceptors (Lipinski definition) is 4. The monoisotopic (exact) mass is 225 g/mol. The Morgan fingerprint density at radius 3 is 2.44 bits per heavy atom. The van der Waals surface area contributed by atoms with Crippen molar-refractivity contribution < 1.29 is 18.8 Å². The van der Waals surface area contributed by atoms with E-state index < -0.39 is 22.4 Å². The molecule has 1 aromatic rings. The van der Waals surface area contributed by atoms with Crippen LogP contribution in [0.5, 0.6) is 0 Å². The van der Waals surface area contributed by atoms with E-state index in [0.29, 0.717) is 5.56 Å². The Morgan fingerprint density at radius 2 is 2.00 bits per heavy atom.